The summed E-state index contributed by atoms with van der Waals surface area (Å²) < 4.78 is 0. The van der Waals surface area contributed by atoms with Gasteiger partial charge in [0.25, 0.3) is 0 Å². The van der Waals surface area contributed by atoms with Crippen molar-refractivity contribution in [1.82, 2.24) is 4.90 Å². The first-order valence-electron chi connectivity index (χ1n) is 7.88. The molecule has 1 aromatic carbocycles. The quantitative estimate of drug-likeness (QED) is 0.698. The van der Waals surface area contributed by atoms with Crippen molar-refractivity contribution < 1.29 is 4.79 Å². The van der Waals surface area contributed by atoms with Crippen LogP contribution in [0, 0.1) is 20.8 Å². The summed E-state index contributed by atoms with van der Waals surface area (Å²) in [5.41, 5.74) is 4.43. The Kier molecular flexibility index (Phi) is 4.98. The molecule has 0 aliphatic heterocycles. The molecule has 2 nitrogen and oxygen atoms in total. The number of hydrogen-bond donors (Lipinski definition) is 0. The third-order valence-corrected chi connectivity index (χ3v) is 4.16. The minimum atomic E-state index is 0.294. The fraction of sp³-hybridized carbons (Fsp3) is 0.611. The average molecular weight is 273 g/mol. The lowest BCUT2D eigenvalue weighted by Crippen LogP contribution is -2.33. The predicted molar refractivity (Wildman–Crippen MR) is 84.5 cm³/mol. The summed E-state index contributed by atoms with van der Waals surface area (Å²) in [7, 11) is 0. The lowest BCUT2D eigenvalue weighted by molar-refractivity contribution is 0.0922. The van der Waals surface area contributed by atoms with Crippen LogP contribution in [0.25, 0.3) is 0 Å². The molecule has 0 aromatic heterocycles. The molecule has 20 heavy (non-hydrogen) atoms. The molecule has 0 N–H and O–H groups in total. The largest absolute Gasteiger partial charge is 0.293 e. The van der Waals surface area contributed by atoms with E-state index in [9.17, 15) is 4.79 Å². The van der Waals surface area contributed by atoms with Gasteiger partial charge in [-0.15, -0.1) is 0 Å². The Morgan fingerprint density at radius 2 is 1.80 bits per heavy atom. The van der Waals surface area contributed by atoms with Gasteiger partial charge in [-0.25, -0.2) is 0 Å². The van der Waals surface area contributed by atoms with Crippen LogP contribution < -0.4 is 0 Å². The number of aryl methyl sites for hydroxylation is 3. The van der Waals surface area contributed by atoms with Crippen LogP contribution in [0.1, 0.15) is 59.7 Å². The summed E-state index contributed by atoms with van der Waals surface area (Å²) in [5, 5.41) is 0. The first-order valence-corrected chi connectivity index (χ1v) is 7.88. The van der Waals surface area contributed by atoms with E-state index in [4.69, 9.17) is 0 Å². The van der Waals surface area contributed by atoms with Crippen molar-refractivity contribution in [2.45, 2.75) is 59.4 Å². The van der Waals surface area contributed by atoms with Crippen LogP contribution in [0.2, 0.25) is 0 Å². The van der Waals surface area contributed by atoms with Crippen molar-refractivity contribution in [2.24, 2.45) is 0 Å². The number of Topliss-reactive ketones (excluding diaryl/α,β-unsaturated/α-hetero) is 1. The van der Waals surface area contributed by atoms with Crippen molar-refractivity contribution in [3.05, 3.63) is 34.4 Å². The number of ketones is 1. The van der Waals surface area contributed by atoms with Gasteiger partial charge >= 0.3 is 0 Å². The van der Waals surface area contributed by atoms with E-state index in [2.05, 4.69) is 44.7 Å². The average Bonchev–Trinajstić information content (AvgIpc) is 3.17. The lowest BCUT2D eigenvalue weighted by atomic mass is 9.96. The number of unbranched alkanes of at least 4 members (excludes halogenated alkanes) is 1. The fourth-order valence-corrected chi connectivity index (χ4v) is 3.07. The van der Waals surface area contributed by atoms with Crippen LogP contribution in [0.5, 0.6) is 0 Å². The normalized spacial score (nSPS) is 14.8. The van der Waals surface area contributed by atoms with Crippen LogP contribution in [0.3, 0.4) is 0 Å². The maximum atomic E-state index is 12.7. The molecule has 1 saturated carbocycles. The first kappa shape index (κ1) is 15.2. The zero-order valence-electron chi connectivity index (χ0n) is 13.3. The molecular weight excluding hydrogens is 246 g/mol. The zero-order valence-corrected chi connectivity index (χ0v) is 13.3. The molecular formula is C18H27NO. The number of hydrogen-bond acceptors (Lipinski definition) is 2. The van der Waals surface area contributed by atoms with Gasteiger partial charge in [-0.2, -0.15) is 0 Å². The maximum Gasteiger partial charge on any atom is 0.177 e. The topological polar surface area (TPSA) is 20.3 Å². The van der Waals surface area contributed by atoms with Crippen molar-refractivity contribution >= 4 is 5.78 Å². The monoisotopic (exact) mass is 273 g/mol. The van der Waals surface area contributed by atoms with E-state index in [1.165, 1.54) is 31.2 Å². The van der Waals surface area contributed by atoms with Crippen LogP contribution in [-0.4, -0.2) is 29.8 Å². The Labute approximate surface area is 123 Å². The first-order chi connectivity index (χ1) is 9.52. The standard InChI is InChI=1S/C18H27NO/c1-5-6-9-19(16-7-8-16)12-17(20)18-14(3)10-13(2)11-15(18)4/h10-11,16H,5-9,12H2,1-4H3. The summed E-state index contributed by atoms with van der Waals surface area (Å²) >= 11 is 0. The number of nitrogens with zero attached hydrogens (tertiary/aromatic N) is 1. The van der Waals surface area contributed by atoms with Gasteiger partial charge in [0, 0.05) is 11.6 Å². The second-order valence-electron chi connectivity index (χ2n) is 6.25. The molecule has 0 bridgehead atoms. The molecule has 0 atom stereocenters. The number of rotatable bonds is 7. The minimum absolute atomic E-state index is 0.294. The smallest absolute Gasteiger partial charge is 0.177 e. The Morgan fingerprint density at radius 1 is 1.20 bits per heavy atom. The molecule has 1 aliphatic carbocycles. The number of carbonyl (C=O) groups is 1. The van der Waals surface area contributed by atoms with Crippen molar-refractivity contribution in [1.29, 1.82) is 0 Å². The van der Waals surface area contributed by atoms with E-state index in [0.717, 1.165) is 23.2 Å². The lowest BCUT2D eigenvalue weighted by Gasteiger charge is -2.22. The molecule has 0 radical (unpaired) electrons. The predicted octanol–water partition coefficient (Wildman–Crippen LogP) is 4.06. The number of benzene rings is 1. The second kappa shape index (κ2) is 6.53. The van der Waals surface area contributed by atoms with Gasteiger partial charge in [0.05, 0.1) is 6.54 Å². The molecule has 1 aromatic rings. The molecule has 1 fully saturated rings. The number of carbonyl (C=O) groups excluding carboxylic acids is 1. The Balaban J connectivity index is 2.10. The van der Waals surface area contributed by atoms with E-state index in [0.29, 0.717) is 18.4 Å². The Bertz CT molecular complexity index is 465. The SMILES string of the molecule is CCCCN(CC(=O)c1c(C)cc(C)cc1C)C1CC1. The van der Waals surface area contributed by atoms with Crippen LogP contribution >= 0.6 is 0 Å². The Morgan fingerprint density at radius 3 is 2.30 bits per heavy atom. The summed E-state index contributed by atoms with van der Waals surface area (Å²) in [6, 6.07) is 4.90. The molecule has 0 saturated heterocycles. The van der Waals surface area contributed by atoms with Gasteiger partial charge in [-0.3, -0.25) is 9.69 Å². The second-order valence-corrected chi connectivity index (χ2v) is 6.25. The van der Waals surface area contributed by atoms with Crippen molar-refractivity contribution in [3.63, 3.8) is 0 Å². The van der Waals surface area contributed by atoms with Crippen LogP contribution in [0.15, 0.2) is 12.1 Å². The fourth-order valence-electron chi connectivity index (χ4n) is 3.07. The molecule has 0 heterocycles. The third kappa shape index (κ3) is 3.69. The molecule has 0 spiro atoms. The molecule has 2 heteroatoms. The maximum absolute atomic E-state index is 12.7. The highest BCUT2D eigenvalue weighted by Gasteiger charge is 2.30. The van der Waals surface area contributed by atoms with Crippen LogP contribution in [0.4, 0.5) is 0 Å². The van der Waals surface area contributed by atoms with Gasteiger partial charge in [-0.1, -0.05) is 31.0 Å². The van der Waals surface area contributed by atoms with Crippen molar-refractivity contribution in [3.8, 4) is 0 Å². The highest BCUT2D eigenvalue weighted by molar-refractivity contribution is 6.00. The van der Waals surface area contributed by atoms with E-state index >= 15 is 0 Å². The van der Waals surface area contributed by atoms with E-state index in [1.54, 1.807) is 0 Å². The molecule has 2 rings (SSSR count). The summed E-state index contributed by atoms with van der Waals surface area (Å²) in [6.07, 6.45) is 4.92. The van der Waals surface area contributed by atoms with Crippen molar-refractivity contribution in [2.75, 3.05) is 13.1 Å². The molecule has 0 unspecified atom stereocenters. The minimum Gasteiger partial charge on any atom is -0.293 e. The van der Waals surface area contributed by atoms with Gasteiger partial charge in [0.1, 0.15) is 0 Å². The summed E-state index contributed by atoms with van der Waals surface area (Å²) in [4.78, 5) is 15.1. The molecule has 1 aliphatic rings. The van der Waals surface area contributed by atoms with E-state index in [-0.39, 0.29) is 0 Å². The van der Waals surface area contributed by atoms with Gasteiger partial charge in [0.2, 0.25) is 0 Å². The molecule has 0 amide bonds. The van der Waals surface area contributed by atoms with Gasteiger partial charge in [-0.05, 0) is 57.7 Å². The summed E-state index contributed by atoms with van der Waals surface area (Å²) in [5.74, 6) is 0.294. The van der Waals surface area contributed by atoms with Gasteiger partial charge < -0.3 is 0 Å². The van der Waals surface area contributed by atoms with Gasteiger partial charge in [0.15, 0.2) is 5.78 Å². The van der Waals surface area contributed by atoms with Crippen LogP contribution in [-0.2, 0) is 0 Å². The van der Waals surface area contributed by atoms with E-state index < -0.39 is 0 Å². The zero-order chi connectivity index (χ0) is 14.7. The highest BCUT2D eigenvalue weighted by Crippen LogP contribution is 2.28. The Hall–Kier alpha value is -1.15. The molecule has 110 valence electrons. The third-order valence-electron chi connectivity index (χ3n) is 4.16. The van der Waals surface area contributed by atoms with E-state index in [1.807, 2.05) is 0 Å². The highest BCUT2D eigenvalue weighted by atomic mass is 16.1. The summed E-state index contributed by atoms with van der Waals surface area (Å²) in [6.45, 7) is 10.1.